The van der Waals surface area contributed by atoms with Crippen molar-refractivity contribution in [2.24, 2.45) is 11.8 Å². The van der Waals surface area contributed by atoms with Crippen molar-refractivity contribution in [2.45, 2.75) is 25.7 Å². The van der Waals surface area contributed by atoms with Crippen LogP contribution in [0.1, 0.15) is 25.7 Å². The van der Waals surface area contributed by atoms with Crippen LogP contribution in [0, 0.1) is 11.8 Å². The van der Waals surface area contributed by atoms with Crippen LogP contribution in [0.5, 0.6) is 0 Å². The van der Waals surface area contributed by atoms with Gasteiger partial charge >= 0.3 is 0 Å². The number of hydrogen-bond donors (Lipinski definition) is 1. The minimum absolute atomic E-state index is 0.00396. The molecule has 5 nitrogen and oxygen atoms in total. The first-order valence-electron chi connectivity index (χ1n) is 7.55. The van der Waals surface area contributed by atoms with Crippen molar-refractivity contribution < 1.29 is 9.59 Å². The number of imide groups is 1. The van der Waals surface area contributed by atoms with Crippen molar-refractivity contribution in [3.05, 3.63) is 0 Å². The average Bonchev–Trinajstić information content (AvgIpc) is 2.71. The highest BCUT2D eigenvalue weighted by Gasteiger charge is 2.47. The number of rotatable bonds is 3. The molecule has 2 aliphatic heterocycles. The maximum absolute atomic E-state index is 12.3. The summed E-state index contributed by atoms with van der Waals surface area (Å²) in [5, 5.41) is 3.31. The molecule has 0 bridgehead atoms. The molecule has 0 aromatic heterocycles. The molecule has 2 amide bonds. The van der Waals surface area contributed by atoms with Gasteiger partial charge in [0.05, 0.1) is 11.8 Å². The van der Waals surface area contributed by atoms with Gasteiger partial charge in [-0.15, -0.1) is 0 Å². The van der Waals surface area contributed by atoms with Gasteiger partial charge in [-0.1, -0.05) is 12.8 Å². The number of likely N-dealkylation sites (tertiary alicyclic amines) is 1. The number of nitrogens with zero attached hydrogens (tertiary/aromatic N) is 2. The van der Waals surface area contributed by atoms with E-state index < -0.39 is 0 Å². The molecule has 0 aromatic carbocycles. The number of piperazine rings is 1. The largest absolute Gasteiger partial charge is 0.314 e. The van der Waals surface area contributed by atoms with Crippen LogP contribution in [0.15, 0.2) is 0 Å². The highest BCUT2D eigenvalue weighted by atomic mass is 16.2. The number of amides is 2. The fraction of sp³-hybridized carbons (Fsp3) is 0.857. The summed E-state index contributed by atoms with van der Waals surface area (Å²) in [7, 11) is 0. The van der Waals surface area contributed by atoms with Gasteiger partial charge in [0.25, 0.3) is 0 Å². The van der Waals surface area contributed by atoms with Crippen molar-refractivity contribution in [3.63, 3.8) is 0 Å². The predicted molar refractivity (Wildman–Crippen MR) is 71.5 cm³/mol. The molecular weight excluding hydrogens is 242 g/mol. The van der Waals surface area contributed by atoms with E-state index in [2.05, 4.69) is 10.2 Å². The van der Waals surface area contributed by atoms with E-state index in [4.69, 9.17) is 0 Å². The normalized spacial score (nSPS) is 32.7. The van der Waals surface area contributed by atoms with Gasteiger partial charge in [-0.3, -0.25) is 19.4 Å². The van der Waals surface area contributed by atoms with Gasteiger partial charge in [0.1, 0.15) is 0 Å². The average molecular weight is 265 g/mol. The molecule has 3 fully saturated rings. The summed E-state index contributed by atoms with van der Waals surface area (Å²) in [5.74, 6) is 0.211. The zero-order chi connectivity index (χ0) is 13.2. The number of carbonyl (C=O) groups is 2. The van der Waals surface area contributed by atoms with Crippen molar-refractivity contribution >= 4 is 11.8 Å². The summed E-state index contributed by atoms with van der Waals surface area (Å²) in [5.41, 5.74) is 0. The number of nitrogens with one attached hydrogen (secondary N) is 1. The standard InChI is InChI=1S/C14H23N3O2/c18-13-11-3-1-2-4-12(11)14(19)17(13)10-9-16-7-5-15-6-8-16/h11-12,15H,1-10H2. The monoisotopic (exact) mass is 265 g/mol. The summed E-state index contributed by atoms with van der Waals surface area (Å²) in [6, 6.07) is 0. The Bertz CT molecular complexity index is 342. The van der Waals surface area contributed by atoms with E-state index in [1.54, 1.807) is 4.90 Å². The third kappa shape index (κ3) is 2.54. The lowest BCUT2D eigenvalue weighted by molar-refractivity contribution is -0.140. The predicted octanol–water partition coefficient (Wildman–Crippen LogP) is 0.0668. The molecule has 1 saturated carbocycles. The Morgan fingerprint density at radius 2 is 1.53 bits per heavy atom. The van der Waals surface area contributed by atoms with E-state index in [-0.39, 0.29) is 23.7 Å². The van der Waals surface area contributed by atoms with Gasteiger partial charge in [-0.05, 0) is 12.8 Å². The lowest BCUT2D eigenvalue weighted by Gasteiger charge is -2.28. The second-order valence-electron chi connectivity index (χ2n) is 5.92. The Balaban J connectivity index is 1.58. The minimum atomic E-state index is 0.00396. The molecular formula is C14H23N3O2. The maximum Gasteiger partial charge on any atom is 0.233 e. The summed E-state index contributed by atoms with van der Waals surface area (Å²) in [6.45, 7) is 5.47. The van der Waals surface area contributed by atoms with Crippen molar-refractivity contribution in [1.82, 2.24) is 15.1 Å². The highest BCUT2D eigenvalue weighted by Crippen LogP contribution is 2.37. The summed E-state index contributed by atoms with van der Waals surface area (Å²) in [4.78, 5) is 28.5. The molecule has 0 aromatic rings. The molecule has 106 valence electrons. The first kappa shape index (κ1) is 13.1. The Hall–Kier alpha value is -0.940. The number of hydrogen-bond acceptors (Lipinski definition) is 4. The second-order valence-corrected chi connectivity index (χ2v) is 5.92. The molecule has 5 heteroatoms. The molecule has 0 spiro atoms. The quantitative estimate of drug-likeness (QED) is 0.734. The molecule has 1 N–H and O–H groups in total. The molecule has 3 aliphatic rings. The van der Waals surface area contributed by atoms with Gasteiger partial charge < -0.3 is 5.32 Å². The number of fused-ring (bicyclic) bond motifs is 1. The molecule has 2 unspecified atom stereocenters. The van der Waals surface area contributed by atoms with Gasteiger partial charge in [-0.25, -0.2) is 0 Å². The Morgan fingerprint density at radius 1 is 0.947 bits per heavy atom. The van der Waals surface area contributed by atoms with E-state index in [0.29, 0.717) is 6.54 Å². The van der Waals surface area contributed by atoms with Crippen LogP contribution in [0.2, 0.25) is 0 Å². The van der Waals surface area contributed by atoms with Gasteiger partial charge in [0.2, 0.25) is 11.8 Å². The van der Waals surface area contributed by atoms with Crippen LogP contribution in [0.25, 0.3) is 0 Å². The van der Waals surface area contributed by atoms with Crippen LogP contribution in [0.4, 0.5) is 0 Å². The number of carbonyl (C=O) groups excluding carboxylic acids is 2. The molecule has 2 atom stereocenters. The third-order valence-electron chi connectivity index (χ3n) is 4.78. The van der Waals surface area contributed by atoms with Crippen molar-refractivity contribution in [3.8, 4) is 0 Å². The van der Waals surface area contributed by atoms with E-state index in [1.165, 1.54) is 0 Å². The van der Waals surface area contributed by atoms with Crippen LogP contribution in [0.3, 0.4) is 0 Å². The zero-order valence-electron chi connectivity index (χ0n) is 11.4. The fourth-order valence-electron chi connectivity index (χ4n) is 3.63. The summed E-state index contributed by atoms with van der Waals surface area (Å²) in [6.07, 6.45) is 4.04. The van der Waals surface area contributed by atoms with Gasteiger partial charge in [0.15, 0.2) is 0 Å². The molecule has 19 heavy (non-hydrogen) atoms. The molecule has 1 aliphatic carbocycles. The molecule has 2 heterocycles. The van der Waals surface area contributed by atoms with Crippen LogP contribution in [-0.4, -0.2) is 60.9 Å². The molecule has 2 saturated heterocycles. The summed E-state index contributed by atoms with van der Waals surface area (Å²) >= 11 is 0. The highest BCUT2D eigenvalue weighted by molar-refractivity contribution is 6.05. The van der Waals surface area contributed by atoms with Crippen LogP contribution >= 0.6 is 0 Å². The van der Waals surface area contributed by atoms with Gasteiger partial charge in [-0.2, -0.15) is 0 Å². The van der Waals surface area contributed by atoms with E-state index in [1.807, 2.05) is 0 Å². The Morgan fingerprint density at radius 3 is 2.11 bits per heavy atom. The smallest absolute Gasteiger partial charge is 0.233 e. The summed E-state index contributed by atoms with van der Waals surface area (Å²) < 4.78 is 0. The van der Waals surface area contributed by atoms with Crippen LogP contribution in [-0.2, 0) is 9.59 Å². The lowest BCUT2D eigenvalue weighted by Crippen LogP contribution is -2.47. The maximum atomic E-state index is 12.3. The molecule has 3 rings (SSSR count). The third-order valence-corrected chi connectivity index (χ3v) is 4.78. The van der Waals surface area contributed by atoms with Gasteiger partial charge in [0, 0.05) is 39.3 Å². The van der Waals surface area contributed by atoms with Crippen molar-refractivity contribution in [2.75, 3.05) is 39.3 Å². The zero-order valence-corrected chi connectivity index (χ0v) is 11.4. The van der Waals surface area contributed by atoms with Crippen LogP contribution < -0.4 is 5.32 Å². The van der Waals surface area contributed by atoms with E-state index >= 15 is 0 Å². The second kappa shape index (κ2) is 5.59. The minimum Gasteiger partial charge on any atom is -0.314 e. The lowest BCUT2D eigenvalue weighted by atomic mass is 9.81. The topological polar surface area (TPSA) is 52.7 Å². The first-order valence-corrected chi connectivity index (χ1v) is 7.55. The Kier molecular flexibility index (Phi) is 3.84. The fourth-order valence-corrected chi connectivity index (χ4v) is 3.63. The van der Waals surface area contributed by atoms with Crippen molar-refractivity contribution in [1.29, 1.82) is 0 Å². The SMILES string of the molecule is O=C1C2CCCCC2C(=O)N1CCN1CCNCC1. The Labute approximate surface area is 114 Å². The molecule has 0 radical (unpaired) electrons. The van der Waals surface area contributed by atoms with E-state index in [9.17, 15) is 9.59 Å². The first-order chi connectivity index (χ1) is 9.27. The van der Waals surface area contributed by atoms with E-state index in [0.717, 1.165) is 58.4 Å².